The molecule has 26 heavy (non-hydrogen) atoms. The summed E-state index contributed by atoms with van der Waals surface area (Å²) in [6, 6.07) is 21.1. The molecule has 2 fully saturated rings. The second kappa shape index (κ2) is 7.01. The van der Waals surface area contributed by atoms with Crippen molar-refractivity contribution in [3.8, 4) is 0 Å². The molecule has 1 aliphatic heterocycles. The van der Waals surface area contributed by atoms with E-state index in [1.165, 1.54) is 10.5 Å². The maximum Gasteiger partial charge on any atom is 0.124 e. The Morgan fingerprint density at radius 1 is 1.08 bits per heavy atom. The van der Waals surface area contributed by atoms with Gasteiger partial charge in [-0.05, 0) is 29.4 Å². The van der Waals surface area contributed by atoms with Gasteiger partial charge in [-0.15, -0.1) is 0 Å². The van der Waals surface area contributed by atoms with Gasteiger partial charge in [-0.1, -0.05) is 60.7 Å². The fourth-order valence-corrected chi connectivity index (χ4v) is 7.47. The first-order valence-corrected chi connectivity index (χ1v) is 11.8. The molecule has 1 heterocycles. The maximum absolute atomic E-state index is 10.0. The molecule has 1 N–H and O–H groups in total. The summed E-state index contributed by atoms with van der Waals surface area (Å²) >= 11 is 0. The first kappa shape index (κ1) is 18.1. The van der Waals surface area contributed by atoms with Crippen molar-refractivity contribution in [2.24, 2.45) is 5.92 Å². The predicted octanol–water partition coefficient (Wildman–Crippen LogP) is 3.84. The molecular weight excluding hydrogens is 344 g/mol. The van der Waals surface area contributed by atoms with Crippen LogP contribution in [-0.2, 0) is 16.1 Å². The Balaban J connectivity index is 1.51. The van der Waals surface area contributed by atoms with Crippen molar-refractivity contribution in [3.63, 3.8) is 0 Å². The van der Waals surface area contributed by atoms with Crippen LogP contribution in [0.3, 0.4) is 0 Å². The van der Waals surface area contributed by atoms with Gasteiger partial charge < -0.3 is 14.6 Å². The zero-order valence-electron chi connectivity index (χ0n) is 15.5. The summed E-state index contributed by atoms with van der Waals surface area (Å²) in [5, 5.41) is 10.5. The number of aliphatic hydroxyl groups is 1. The van der Waals surface area contributed by atoms with Crippen LogP contribution in [0.25, 0.3) is 0 Å². The minimum absolute atomic E-state index is 0.0951. The first-order chi connectivity index (χ1) is 12.6. The molecule has 1 saturated carbocycles. The summed E-state index contributed by atoms with van der Waals surface area (Å²) < 4.78 is 12.1. The maximum atomic E-state index is 10.0. The van der Waals surface area contributed by atoms with Gasteiger partial charge in [-0.3, -0.25) is 0 Å². The van der Waals surface area contributed by atoms with Crippen LogP contribution < -0.4 is 0 Å². The third kappa shape index (κ3) is 3.09. The zero-order chi connectivity index (χ0) is 18.2. The molecule has 4 heteroatoms. The molecule has 2 aromatic rings. The van der Waals surface area contributed by atoms with Gasteiger partial charge in [0.2, 0.25) is 0 Å². The third-order valence-corrected chi connectivity index (χ3v) is 9.66. The van der Waals surface area contributed by atoms with E-state index < -0.39 is 10.0 Å². The lowest BCUT2D eigenvalue weighted by Gasteiger charge is -2.43. The molecule has 0 bridgehead atoms. The molecule has 4 atom stereocenters. The Bertz CT molecular complexity index is 730. The molecule has 2 aliphatic rings. The van der Waals surface area contributed by atoms with Gasteiger partial charge in [0.15, 0.2) is 0 Å². The summed E-state index contributed by atoms with van der Waals surface area (Å²) in [4.78, 5) is 1.42. The zero-order valence-corrected chi connectivity index (χ0v) is 16.3. The Morgan fingerprint density at radius 3 is 2.38 bits per heavy atom. The molecule has 1 saturated heterocycles. The largest absolute Gasteiger partial charge is 0.393 e. The molecular formula is C22H28O3S. The minimum Gasteiger partial charge on any atom is -0.393 e. The summed E-state index contributed by atoms with van der Waals surface area (Å²) in [6.07, 6.45) is 6.01. The molecule has 0 spiro atoms. The van der Waals surface area contributed by atoms with Crippen molar-refractivity contribution >= 4 is 10.0 Å². The lowest BCUT2D eigenvalue weighted by atomic mass is 9.96. The summed E-state index contributed by atoms with van der Waals surface area (Å²) in [7, 11) is -1.00. The van der Waals surface area contributed by atoms with Gasteiger partial charge >= 0.3 is 0 Å². The van der Waals surface area contributed by atoms with Crippen molar-refractivity contribution in [2.45, 2.75) is 34.9 Å². The van der Waals surface area contributed by atoms with Gasteiger partial charge in [0, 0.05) is 11.2 Å². The highest BCUT2D eigenvalue weighted by Gasteiger charge is 2.69. The molecule has 0 radical (unpaired) electrons. The standard InChI is InChI=1S/C22H28O3S/c1-26(2,18-11-7-4-8-12-18)20-13-21-22(16-23,25-21)19(20)15-24-14-17-9-5-3-6-10-17/h3-12,19-21,23H,13-16H2,1-2H3. The number of hydrogen-bond acceptors (Lipinski definition) is 3. The number of fused-ring (bicyclic) bond motifs is 1. The Morgan fingerprint density at radius 2 is 1.73 bits per heavy atom. The number of ether oxygens (including phenoxy) is 2. The summed E-state index contributed by atoms with van der Waals surface area (Å²) in [5.74, 6) is 0.242. The lowest BCUT2D eigenvalue weighted by Crippen LogP contribution is -2.38. The fraction of sp³-hybridized carbons (Fsp3) is 0.455. The van der Waals surface area contributed by atoms with Crippen molar-refractivity contribution in [1.29, 1.82) is 0 Å². The topological polar surface area (TPSA) is 42.0 Å². The van der Waals surface area contributed by atoms with E-state index in [-0.39, 0.29) is 24.2 Å². The molecule has 2 aromatic carbocycles. The average molecular weight is 373 g/mol. The van der Waals surface area contributed by atoms with E-state index in [0.29, 0.717) is 18.5 Å². The molecule has 0 aromatic heterocycles. The lowest BCUT2D eigenvalue weighted by molar-refractivity contribution is 0.0309. The predicted molar refractivity (Wildman–Crippen MR) is 107 cm³/mol. The van der Waals surface area contributed by atoms with Gasteiger partial charge in [0.05, 0.1) is 25.9 Å². The molecule has 4 unspecified atom stereocenters. The van der Waals surface area contributed by atoms with Crippen LogP contribution in [0, 0.1) is 5.92 Å². The first-order valence-electron chi connectivity index (χ1n) is 9.25. The van der Waals surface area contributed by atoms with Crippen molar-refractivity contribution in [3.05, 3.63) is 66.2 Å². The fourth-order valence-electron chi connectivity index (χ4n) is 4.47. The normalized spacial score (nSPS) is 30.8. The second-order valence-electron chi connectivity index (χ2n) is 7.82. The van der Waals surface area contributed by atoms with E-state index in [0.717, 1.165) is 6.42 Å². The SMILES string of the molecule is CS(C)(c1ccccc1)C1CC2OC2(CO)C1COCc1ccccc1. The quantitative estimate of drug-likeness (QED) is 0.751. The van der Waals surface area contributed by atoms with E-state index in [1.807, 2.05) is 18.2 Å². The van der Waals surface area contributed by atoms with Gasteiger partial charge in [-0.25, -0.2) is 10.0 Å². The Labute approximate surface area is 157 Å². The highest BCUT2D eigenvalue weighted by molar-refractivity contribution is 8.33. The van der Waals surface area contributed by atoms with Crippen LogP contribution in [0.15, 0.2) is 65.6 Å². The van der Waals surface area contributed by atoms with Crippen LogP contribution in [0.2, 0.25) is 0 Å². The second-order valence-corrected chi connectivity index (χ2v) is 11.7. The van der Waals surface area contributed by atoms with Crippen molar-refractivity contribution in [2.75, 3.05) is 25.7 Å². The van der Waals surface area contributed by atoms with Crippen LogP contribution in [0.5, 0.6) is 0 Å². The average Bonchev–Trinajstić information content (AvgIpc) is 3.31. The van der Waals surface area contributed by atoms with E-state index in [4.69, 9.17) is 9.47 Å². The molecule has 3 nitrogen and oxygen atoms in total. The number of benzene rings is 2. The third-order valence-electron chi connectivity index (χ3n) is 6.14. The molecule has 4 rings (SSSR count). The highest BCUT2D eigenvalue weighted by atomic mass is 32.3. The Kier molecular flexibility index (Phi) is 4.86. The number of hydrogen-bond donors (Lipinski definition) is 1. The highest BCUT2D eigenvalue weighted by Crippen LogP contribution is 2.67. The van der Waals surface area contributed by atoms with E-state index in [2.05, 4.69) is 55.0 Å². The summed E-state index contributed by atoms with van der Waals surface area (Å²) in [5.41, 5.74) is 0.809. The van der Waals surface area contributed by atoms with Gasteiger partial charge in [-0.2, -0.15) is 0 Å². The molecule has 0 amide bonds. The van der Waals surface area contributed by atoms with Crippen molar-refractivity contribution in [1.82, 2.24) is 0 Å². The van der Waals surface area contributed by atoms with Crippen molar-refractivity contribution < 1.29 is 14.6 Å². The smallest absolute Gasteiger partial charge is 0.124 e. The van der Waals surface area contributed by atoms with Gasteiger partial charge in [0.1, 0.15) is 5.60 Å². The number of rotatable bonds is 7. The van der Waals surface area contributed by atoms with Crippen LogP contribution in [-0.4, -0.2) is 47.8 Å². The van der Waals surface area contributed by atoms with Crippen LogP contribution in [0.1, 0.15) is 12.0 Å². The summed E-state index contributed by atoms with van der Waals surface area (Å²) in [6.45, 7) is 1.34. The van der Waals surface area contributed by atoms with Crippen LogP contribution in [0.4, 0.5) is 0 Å². The van der Waals surface area contributed by atoms with Crippen LogP contribution >= 0.6 is 10.0 Å². The molecule has 1 aliphatic carbocycles. The number of epoxide rings is 1. The van der Waals surface area contributed by atoms with Gasteiger partial charge in [0.25, 0.3) is 0 Å². The minimum atomic E-state index is -1.00. The van der Waals surface area contributed by atoms with E-state index in [1.54, 1.807) is 0 Å². The van der Waals surface area contributed by atoms with E-state index >= 15 is 0 Å². The number of aliphatic hydroxyl groups excluding tert-OH is 1. The molecule has 140 valence electrons. The Hall–Kier alpha value is -1.33. The van der Waals surface area contributed by atoms with E-state index in [9.17, 15) is 5.11 Å². The monoisotopic (exact) mass is 372 g/mol.